The third-order valence-corrected chi connectivity index (χ3v) is 5.17. The molecule has 2 heterocycles. The van der Waals surface area contributed by atoms with Gasteiger partial charge in [-0.25, -0.2) is 0 Å². The van der Waals surface area contributed by atoms with E-state index in [9.17, 15) is 5.26 Å². The number of nitrogens with two attached hydrogens (primary N) is 1. The minimum atomic E-state index is -0.454. The molecule has 2 aromatic rings. The predicted octanol–water partition coefficient (Wildman–Crippen LogP) is 3.80. The van der Waals surface area contributed by atoms with Gasteiger partial charge in [-0.15, -0.1) is 0 Å². The number of halogens is 1. The van der Waals surface area contributed by atoms with Crippen LogP contribution in [0.3, 0.4) is 0 Å². The van der Waals surface area contributed by atoms with Crippen LogP contribution in [0.15, 0.2) is 40.2 Å². The van der Waals surface area contributed by atoms with Gasteiger partial charge in [-0.05, 0) is 46.6 Å². The number of nitriles is 1. The van der Waals surface area contributed by atoms with Crippen LogP contribution >= 0.6 is 15.9 Å². The molecule has 2 N–H and O–H groups in total. The normalized spacial score (nSPS) is 16.9. The van der Waals surface area contributed by atoms with E-state index >= 15 is 0 Å². The third-order valence-electron chi connectivity index (χ3n) is 4.58. The lowest BCUT2D eigenvalue weighted by molar-refractivity contribution is 0.174. The fraction of sp³-hybridized carbons (Fsp3) is 0.250. The van der Waals surface area contributed by atoms with Gasteiger partial charge in [-0.1, -0.05) is 0 Å². The standard InChI is InChI=1S/C20H17BrN2O5/c1-3-25-17-5-10(4-13(21)19(17)24-2)18-11-6-15-16(27-9-26-15)7-14(11)28-20(23)12(18)8-22/h4-7,18H,3,9,23H2,1-2H3. The zero-order valence-electron chi connectivity index (χ0n) is 15.2. The number of ether oxygens (including phenoxy) is 5. The highest BCUT2D eigenvalue weighted by Crippen LogP contribution is 2.49. The second kappa shape index (κ2) is 7.17. The van der Waals surface area contributed by atoms with Gasteiger partial charge in [0.05, 0.1) is 24.1 Å². The van der Waals surface area contributed by atoms with E-state index in [2.05, 4.69) is 22.0 Å². The van der Waals surface area contributed by atoms with Crippen molar-refractivity contribution in [2.45, 2.75) is 12.8 Å². The number of hydrogen-bond acceptors (Lipinski definition) is 7. The molecule has 2 aromatic carbocycles. The van der Waals surface area contributed by atoms with E-state index in [0.29, 0.717) is 45.4 Å². The van der Waals surface area contributed by atoms with Crippen LogP contribution in [-0.2, 0) is 0 Å². The van der Waals surface area contributed by atoms with Crippen LogP contribution in [0, 0.1) is 11.3 Å². The first-order valence-electron chi connectivity index (χ1n) is 8.58. The topological polar surface area (TPSA) is 96.0 Å². The van der Waals surface area contributed by atoms with Crippen molar-refractivity contribution in [2.75, 3.05) is 20.5 Å². The van der Waals surface area contributed by atoms with Crippen LogP contribution in [0.4, 0.5) is 0 Å². The van der Waals surface area contributed by atoms with E-state index in [-0.39, 0.29) is 12.7 Å². The van der Waals surface area contributed by atoms with Crippen LogP contribution in [0.5, 0.6) is 28.7 Å². The Labute approximate surface area is 170 Å². The van der Waals surface area contributed by atoms with Gasteiger partial charge in [0.1, 0.15) is 17.4 Å². The van der Waals surface area contributed by atoms with Crippen LogP contribution < -0.4 is 29.4 Å². The van der Waals surface area contributed by atoms with Crippen molar-refractivity contribution < 1.29 is 23.7 Å². The maximum atomic E-state index is 9.76. The SMILES string of the molecule is CCOc1cc(C2C(C#N)=C(N)Oc3cc4c(cc32)OCO4)cc(Br)c1OC. The highest BCUT2D eigenvalue weighted by molar-refractivity contribution is 9.10. The van der Waals surface area contributed by atoms with E-state index in [1.807, 2.05) is 25.1 Å². The van der Waals surface area contributed by atoms with Crippen LogP contribution in [0.2, 0.25) is 0 Å². The lowest BCUT2D eigenvalue weighted by atomic mass is 9.83. The summed E-state index contributed by atoms with van der Waals surface area (Å²) in [6.45, 7) is 2.50. The van der Waals surface area contributed by atoms with Crippen molar-refractivity contribution in [3.63, 3.8) is 0 Å². The number of methoxy groups -OCH3 is 1. The lowest BCUT2D eigenvalue weighted by Gasteiger charge is -2.27. The monoisotopic (exact) mass is 444 g/mol. The van der Waals surface area contributed by atoms with E-state index < -0.39 is 5.92 Å². The molecular weight excluding hydrogens is 428 g/mol. The average molecular weight is 445 g/mol. The molecule has 1 unspecified atom stereocenters. The largest absolute Gasteiger partial charge is 0.492 e. The molecule has 0 radical (unpaired) electrons. The lowest BCUT2D eigenvalue weighted by Crippen LogP contribution is -2.21. The molecule has 0 aliphatic carbocycles. The molecule has 144 valence electrons. The highest BCUT2D eigenvalue weighted by Gasteiger charge is 2.34. The summed E-state index contributed by atoms with van der Waals surface area (Å²) >= 11 is 3.53. The Bertz CT molecular complexity index is 1030. The van der Waals surface area contributed by atoms with Crippen molar-refractivity contribution in [2.24, 2.45) is 5.73 Å². The fourth-order valence-corrected chi connectivity index (χ4v) is 4.03. The molecule has 8 heteroatoms. The van der Waals surface area contributed by atoms with Crippen molar-refractivity contribution >= 4 is 15.9 Å². The first-order chi connectivity index (χ1) is 13.6. The Kier molecular flexibility index (Phi) is 4.69. The molecule has 28 heavy (non-hydrogen) atoms. The molecule has 0 fully saturated rings. The smallest absolute Gasteiger partial charge is 0.231 e. The van der Waals surface area contributed by atoms with Gasteiger partial charge in [-0.3, -0.25) is 0 Å². The van der Waals surface area contributed by atoms with Gasteiger partial charge in [0.2, 0.25) is 12.7 Å². The Balaban J connectivity index is 1.92. The van der Waals surface area contributed by atoms with E-state index in [4.69, 9.17) is 29.4 Å². The van der Waals surface area contributed by atoms with Gasteiger partial charge < -0.3 is 29.4 Å². The fourth-order valence-electron chi connectivity index (χ4n) is 3.41. The second-order valence-electron chi connectivity index (χ2n) is 6.14. The van der Waals surface area contributed by atoms with Crippen LogP contribution in [0.1, 0.15) is 24.0 Å². The molecule has 0 aromatic heterocycles. The maximum Gasteiger partial charge on any atom is 0.231 e. The molecule has 0 saturated heterocycles. The molecular formula is C20H17BrN2O5. The summed E-state index contributed by atoms with van der Waals surface area (Å²) in [4.78, 5) is 0. The molecule has 0 saturated carbocycles. The minimum Gasteiger partial charge on any atom is -0.492 e. The molecule has 7 nitrogen and oxygen atoms in total. The number of nitrogens with zero attached hydrogens (tertiary/aromatic N) is 1. The minimum absolute atomic E-state index is 0.0590. The Morgan fingerprint density at radius 3 is 2.64 bits per heavy atom. The molecule has 2 aliphatic rings. The van der Waals surface area contributed by atoms with E-state index in [1.54, 1.807) is 13.2 Å². The summed E-state index contributed by atoms with van der Waals surface area (Å²) in [6.07, 6.45) is 0. The summed E-state index contributed by atoms with van der Waals surface area (Å²) in [6, 6.07) is 9.47. The highest BCUT2D eigenvalue weighted by atomic mass is 79.9. The number of rotatable bonds is 4. The quantitative estimate of drug-likeness (QED) is 0.765. The third kappa shape index (κ3) is 2.88. The van der Waals surface area contributed by atoms with Crippen LogP contribution in [-0.4, -0.2) is 20.5 Å². The molecule has 4 rings (SSSR count). The first kappa shape index (κ1) is 18.3. The summed E-state index contributed by atoms with van der Waals surface area (Å²) < 4.78 is 28.5. The zero-order valence-corrected chi connectivity index (χ0v) is 16.8. The van der Waals surface area contributed by atoms with E-state index in [0.717, 1.165) is 11.1 Å². The van der Waals surface area contributed by atoms with Crippen molar-refractivity contribution in [1.82, 2.24) is 0 Å². The van der Waals surface area contributed by atoms with Gasteiger partial charge in [0, 0.05) is 11.6 Å². The summed E-state index contributed by atoms with van der Waals surface area (Å²) in [5.74, 6) is 2.46. The molecule has 1 atom stereocenters. The maximum absolute atomic E-state index is 9.76. The molecule has 0 spiro atoms. The number of allylic oxidation sites excluding steroid dienone is 1. The van der Waals surface area contributed by atoms with Crippen molar-refractivity contribution in [1.29, 1.82) is 5.26 Å². The van der Waals surface area contributed by atoms with Crippen molar-refractivity contribution in [3.8, 4) is 34.8 Å². The molecule has 0 amide bonds. The Hall–Kier alpha value is -3.05. The van der Waals surface area contributed by atoms with Gasteiger partial charge in [-0.2, -0.15) is 5.26 Å². The number of fused-ring (bicyclic) bond motifs is 2. The number of benzene rings is 2. The van der Waals surface area contributed by atoms with Gasteiger partial charge in [0.25, 0.3) is 0 Å². The predicted molar refractivity (Wildman–Crippen MR) is 104 cm³/mol. The summed E-state index contributed by atoms with van der Waals surface area (Å²) in [5, 5.41) is 9.76. The molecule has 2 aliphatic heterocycles. The Morgan fingerprint density at radius 2 is 1.96 bits per heavy atom. The zero-order chi connectivity index (χ0) is 19.8. The van der Waals surface area contributed by atoms with Gasteiger partial charge in [0.15, 0.2) is 23.0 Å². The molecule has 0 bridgehead atoms. The summed E-state index contributed by atoms with van der Waals surface area (Å²) in [7, 11) is 1.57. The number of hydrogen-bond donors (Lipinski definition) is 1. The second-order valence-corrected chi connectivity index (χ2v) is 6.99. The first-order valence-corrected chi connectivity index (χ1v) is 9.38. The summed E-state index contributed by atoms with van der Waals surface area (Å²) in [5.41, 5.74) is 7.94. The average Bonchev–Trinajstić information content (AvgIpc) is 3.12. The Morgan fingerprint density at radius 1 is 1.21 bits per heavy atom. The van der Waals surface area contributed by atoms with Crippen molar-refractivity contribution in [3.05, 3.63) is 51.3 Å². The van der Waals surface area contributed by atoms with E-state index in [1.165, 1.54) is 0 Å². The van der Waals surface area contributed by atoms with Crippen LogP contribution in [0.25, 0.3) is 0 Å². The van der Waals surface area contributed by atoms with Gasteiger partial charge >= 0.3 is 0 Å².